The van der Waals surface area contributed by atoms with Crippen LogP contribution in [0.2, 0.25) is 0 Å². The summed E-state index contributed by atoms with van der Waals surface area (Å²) >= 11 is 0. The number of allylic oxidation sites excluding steroid dienone is 20. The summed E-state index contributed by atoms with van der Waals surface area (Å²) in [7, 11) is 5.49. The van der Waals surface area contributed by atoms with Gasteiger partial charge in [-0.05, 0) is 96.3 Å². The maximum atomic E-state index is 12.7. The quantitative estimate of drug-likeness (QED) is 0.0282. The zero-order chi connectivity index (χ0) is 47.0. The predicted molar refractivity (Wildman–Crippen MR) is 270 cm³/mol. The van der Waals surface area contributed by atoms with Gasteiger partial charge in [-0.15, -0.1) is 0 Å². The molecule has 0 aliphatic rings. The Labute approximate surface area is 391 Å². The first-order valence-electron chi connectivity index (χ1n) is 24.6. The summed E-state index contributed by atoms with van der Waals surface area (Å²) in [5.41, 5.74) is 0. The van der Waals surface area contributed by atoms with Crippen molar-refractivity contribution < 1.29 is 38.2 Å². The minimum atomic E-state index is -0.895. The first-order chi connectivity index (χ1) is 31.1. The molecule has 2 atom stereocenters. The number of carbonyl (C=O) groups excluding carboxylic acids is 2. The van der Waals surface area contributed by atoms with E-state index < -0.39 is 24.1 Å². The molecule has 0 spiro atoms. The maximum Gasteiger partial charge on any atom is 0.362 e. The molecule has 0 aromatic carbocycles. The van der Waals surface area contributed by atoms with Crippen LogP contribution < -0.4 is 0 Å². The SMILES string of the molecule is CC/C=C/C/C=C/C/C=C/C/C=C/C/C=C/C/C=C/CCC(=O)OC(COCCC(C(=O)O)[N+](C)(C)C)COC(=O)CCCCCCC/C=C/C/C=C/C/C=C/C/C=C/CCCCC. The van der Waals surface area contributed by atoms with Crippen molar-refractivity contribution in [3.8, 4) is 0 Å². The molecular formula is C56H90NO7+. The first-order valence-corrected chi connectivity index (χ1v) is 24.6. The van der Waals surface area contributed by atoms with Crippen LogP contribution >= 0.6 is 0 Å². The summed E-state index contributed by atoms with van der Waals surface area (Å²) in [5, 5.41) is 9.64. The molecule has 0 saturated heterocycles. The van der Waals surface area contributed by atoms with Gasteiger partial charge in [-0.3, -0.25) is 9.59 Å². The van der Waals surface area contributed by atoms with Gasteiger partial charge in [-0.25, -0.2) is 4.79 Å². The van der Waals surface area contributed by atoms with Crippen LogP contribution in [0, 0.1) is 0 Å². The van der Waals surface area contributed by atoms with Crippen molar-refractivity contribution in [1.82, 2.24) is 0 Å². The number of rotatable bonds is 42. The van der Waals surface area contributed by atoms with Gasteiger partial charge in [-0.1, -0.05) is 167 Å². The Balaban J connectivity index is 4.46. The van der Waals surface area contributed by atoms with E-state index in [0.29, 0.717) is 19.3 Å². The highest BCUT2D eigenvalue weighted by Gasteiger charge is 2.31. The number of carboxylic acid groups (broad SMARTS) is 1. The topological polar surface area (TPSA) is 99.1 Å². The molecule has 8 nitrogen and oxygen atoms in total. The summed E-state index contributed by atoms with van der Waals surface area (Å²) in [4.78, 5) is 37.1. The molecule has 0 bridgehead atoms. The van der Waals surface area contributed by atoms with E-state index in [1.165, 1.54) is 25.7 Å². The number of carbonyl (C=O) groups is 3. The van der Waals surface area contributed by atoms with Crippen molar-refractivity contribution in [1.29, 1.82) is 0 Å². The number of unbranched alkanes of at least 4 members (excludes halogenated alkanes) is 8. The molecule has 0 amide bonds. The largest absolute Gasteiger partial charge is 0.477 e. The Kier molecular flexibility index (Phi) is 42.3. The fourth-order valence-corrected chi connectivity index (χ4v) is 6.33. The van der Waals surface area contributed by atoms with Crippen LogP contribution in [0.25, 0.3) is 0 Å². The molecule has 0 heterocycles. The van der Waals surface area contributed by atoms with Crippen LogP contribution in [0.4, 0.5) is 0 Å². The normalized spacial score (nSPS) is 14.0. The van der Waals surface area contributed by atoms with Crippen molar-refractivity contribution in [2.24, 2.45) is 0 Å². The molecule has 0 aromatic heterocycles. The molecule has 0 fully saturated rings. The number of quaternary nitrogens is 1. The monoisotopic (exact) mass is 889 g/mol. The highest BCUT2D eigenvalue weighted by atomic mass is 16.6. The molecular weight excluding hydrogens is 799 g/mol. The lowest BCUT2D eigenvalue weighted by atomic mass is 10.1. The lowest BCUT2D eigenvalue weighted by Crippen LogP contribution is -2.50. The van der Waals surface area contributed by atoms with Crippen LogP contribution in [0.3, 0.4) is 0 Å². The van der Waals surface area contributed by atoms with Gasteiger partial charge in [0.15, 0.2) is 12.1 Å². The van der Waals surface area contributed by atoms with E-state index in [-0.39, 0.29) is 36.7 Å². The minimum Gasteiger partial charge on any atom is -0.477 e. The zero-order valence-electron chi connectivity index (χ0n) is 40.9. The zero-order valence-corrected chi connectivity index (χ0v) is 40.9. The molecule has 0 radical (unpaired) electrons. The van der Waals surface area contributed by atoms with E-state index in [1.807, 2.05) is 33.3 Å². The van der Waals surface area contributed by atoms with Gasteiger partial charge in [0.2, 0.25) is 0 Å². The molecule has 2 unspecified atom stereocenters. The Hall–Kier alpha value is -4.27. The Morgan fingerprint density at radius 1 is 0.484 bits per heavy atom. The summed E-state index contributed by atoms with van der Waals surface area (Å²) in [5.74, 6) is -1.62. The maximum absolute atomic E-state index is 12.7. The summed E-state index contributed by atoms with van der Waals surface area (Å²) in [6, 6.07) is -0.639. The van der Waals surface area contributed by atoms with Crippen molar-refractivity contribution in [3.05, 3.63) is 122 Å². The van der Waals surface area contributed by atoms with Crippen molar-refractivity contribution in [2.45, 2.75) is 174 Å². The third kappa shape index (κ3) is 43.0. The second-order valence-corrected chi connectivity index (χ2v) is 17.0. The molecule has 0 aromatic rings. The lowest BCUT2D eigenvalue weighted by Gasteiger charge is -2.31. The molecule has 8 heteroatoms. The minimum absolute atomic E-state index is 0.0157. The van der Waals surface area contributed by atoms with Gasteiger partial charge in [0.1, 0.15) is 6.61 Å². The van der Waals surface area contributed by atoms with Crippen LogP contribution in [0.15, 0.2) is 122 Å². The molecule has 360 valence electrons. The predicted octanol–water partition coefficient (Wildman–Crippen LogP) is 14.2. The number of ether oxygens (including phenoxy) is 3. The lowest BCUT2D eigenvalue weighted by molar-refractivity contribution is -0.887. The number of esters is 2. The number of likely N-dealkylation sites (N-methyl/N-ethyl adjacent to an activating group) is 1. The van der Waals surface area contributed by atoms with E-state index in [9.17, 15) is 19.5 Å². The Morgan fingerprint density at radius 3 is 1.36 bits per heavy atom. The highest BCUT2D eigenvalue weighted by Crippen LogP contribution is 2.12. The number of aliphatic carboxylic acids is 1. The average molecular weight is 889 g/mol. The molecule has 0 aliphatic heterocycles. The molecule has 1 N–H and O–H groups in total. The second kappa shape index (κ2) is 45.3. The number of nitrogens with zero attached hydrogens (tertiary/aromatic N) is 1. The smallest absolute Gasteiger partial charge is 0.362 e. The van der Waals surface area contributed by atoms with E-state index in [2.05, 4.69) is 123 Å². The highest BCUT2D eigenvalue weighted by molar-refractivity contribution is 5.72. The van der Waals surface area contributed by atoms with Crippen LogP contribution in [0.1, 0.15) is 162 Å². The molecule has 0 rings (SSSR count). The van der Waals surface area contributed by atoms with E-state index >= 15 is 0 Å². The molecule has 0 aliphatic carbocycles. The fourth-order valence-electron chi connectivity index (χ4n) is 6.33. The van der Waals surface area contributed by atoms with E-state index in [1.54, 1.807) is 0 Å². The summed E-state index contributed by atoms with van der Waals surface area (Å²) in [6.45, 7) is 4.47. The number of hydrogen-bond acceptors (Lipinski definition) is 6. The summed E-state index contributed by atoms with van der Waals surface area (Å²) in [6.07, 6.45) is 64.0. The van der Waals surface area contributed by atoms with Crippen LogP contribution in [-0.4, -0.2) is 80.6 Å². The van der Waals surface area contributed by atoms with Gasteiger partial charge in [0, 0.05) is 19.3 Å². The average Bonchev–Trinajstić information content (AvgIpc) is 3.26. The molecule has 0 saturated carbocycles. The number of carboxylic acids is 1. The summed E-state index contributed by atoms with van der Waals surface area (Å²) < 4.78 is 17.2. The van der Waals surface area contributed by atoms with Gasteiger partial charge in [0.25, 0.3) is 0 Å². The van der Waals surface area contributed by atoms with Crippen LogP contribution in [0.5, 0.6) is 0 Å². The van der Waals surface area contributed by atoms with Gasteiger partial charge in [0.05, 0.1) is 34.4 Å². The van der Waals surface area contributed by atoms with Gasteiger partial charge < -0.3 is 23.8 Å². The Bertz CT molecular complexity index is 1450. The van der Waals surface area contributed by atoms with Gasteiger partial charge >= 0.3 is 17.9 Å². The van der Waals surface area contributed by atoms with Crippen molar-refractivity contribution >= 4 is 17.9 Å². The first kappa shape index (κ1) is 59.7. The number of hydrogen-bond donors (Lipinski definition) is 1. The van der Waals surface area contributed by atoms with Gasteiger partial charge in [-0.2, -0.15) is 0 Å². The van der Waals surface area contributed by atoms with Crippen molar-refractivity contribution in [3.63, 3.8) is 0 Å². The second-order valence-electron chi connectivity index (χ2n) is 17.0. The van der Waals surface area contributed by atoms with E-state index in [4.69, 9.17) is 14.2 Å². The van der Waals surface area contributed by atoms with Crippen molar-refractivity contribution in [2.75, 3.05) is 41.0 Å². The Morgan fingerprint density at radius 2 is 0.906 bits per heavy atom. The fraction of sp³-hybridized carbons (Fsp3) is 0.589. The third-order valence-corrected chi connectivity index (χ3v) is 10.1. The third-order valence-electron chi connectivity index (χ3n) is 10.1. The van der Waals surface area contributed by atoms with Crippen LogP contribution in [-0.2, 0) is 28.6 Å². The molecule has 64 heavy (non-hydrogen) atoms. The van der Waals surface area contributed by atoms with E-state index in [0.717, 1.165) is 96.3 Å². The standard InChI is InChI=1S/C56H89NO7/c1-6-8-10-12-14-16-18-20-22-24-26-27-29-30-32-34-36-38-40-42-44-46-54(58)63-51-52(50-62-49-48-53(56(60)61)57(3,4)5)64-55(59)47-45-43-41-39-37-35-33-31-28-25-23-21-19-17-15-13-11-9-7-2/h9,11,14-17,20-23,26-28,30-32,35,37,41,43,52-53H,6-8,10,12-13,18-19,24-25,29,33-34,36,38-40,42,44-51H2,1-5H3/p+1/b11-9+,16-14+,17-15+,22-20+,23-21+,27-26+,31-28+,32-30+,37-35+,43-41+.